The van der Waals surface area contributed by atoms with Crippen LogP contribution in [-0.4, -0.2) is 34.7 Å². The van der Waals surface area contributed by atoms with Crippen LogP contribution in [0.25, 0.3) is 0 Å². The number of carboxylic acid groups (broad SMARTS) is 1. The quantitative estimate of drug-likeness (QED) is 0.549. The van der Waals surface area contributed by atoms with E-state index in [1.165, 1.54) is 0 Å². The van der Waals surface area contributed by atoms with Crippen molar-refractivity contribution in [3.05, 3.63) is 0 Å². The molecule has 0 bridgehead atoms. The zero-order valence-corrected chi connectivity index (χ0v) is 8.32. The molecule has 14 heavy (non-hydrogen) atoms. The lowest BCUT2D eigenvalue weighted by atomic mass is 10.2. The number of aliphatic hydroxyl groups is 1. The average molecular weight is 203 g/mol. The minimum absolute atomic E-state index is 0.0488. The van der Waals surface area contributed by atoms with E-state index in [-0.39, 0.29) is 18.9 Å². The molecule has 82 valence electrons. The highest BCUT2D eigenvalue weighted by Crippen LogP contribution is 1.94. The smallest absolute Gasteiger partial charge is 0.332 e. The molecule has 0 aliphatic heterocycles. The Morgan fingerprint density at radius 1 is 1.43 bits per heavy atom. The fourth-order valence-electron chi connectivity index (χ4n) is 0.898. The Morgan fingerprint density at radius 3 is 2.57 bits per heavy atom. The normalized spacial score (nSPS) is 12.1. The molecular weight excluding hydrogens is 186 g/mol. The summed E-state index contributed by atoms with van der Waals surface area (Å²) >= 11 is 0. The maximum atomic E-state index is 11.0. The van der Waals surface area contributed by atoms with Gasteiger partial charge in [0, 0.05) is 19.4 Å². The molecule has 0 aliphatic rings. The maximum absolute atomic E-state index is 11.0. The monoisotopic (exact) mass is 203 g/mol. The lowest BCUT2D eigenvalue weighted by molar-refractivity contribution is -0.147. The molecule has 0 saturated heterocycles. The highest BCUT2D eigenvalue weighted by Gasteiger charge is 2.12. The molecule has 0 radical (unpaired) electrons. The summed E-state index contributed by atoms with van der Waals surface area (Å²) in [6.07, 6.45) is 0.896. The Hall–Kier alpha value is -1.10. The van der Waals surface area contributed by atoms with Gasteiger partial charge in [-0.3, -0.25) is 4.79 Å². The van der Waals surface area contributed by atoms with Crippen LogP contribution >= 0.6 is 0 Å². The first-order chi connectivity index (χ1) is 6.57. The third kappa shape index (κ3) is 6.42. The zero-order chi connectivity index (χ0) is 11.0. The maximum Gasteiger partial charge on any atom is 0.332 e. The van der Waals surface area contributed by atoms with Gasteiger partial charge in [-0.2, -0.15) is 0 Å². The van der Waals surface area contributed by atoms with Crippen molar-refractivity contribution in [2.75, 3.05) is 6.54 Å². The molecule has 0 heterocycles. The van der Waals surface area contributed by atoms with Crippen LogP contribution in [0.2, 0.25) is 0 Å². The summed E-state index contributed by atoms with van der Waals surface area (Å²) in [6.45, 7) is 2.19. The largest absolute Gasteiger partial charge is 0.479 e. The van der Waals surface area contributed by atoms with Gasteiger partial charge in [0.1, 0.15) is 0 Å². The highest BCUT2D eigenvalue weighted by molar-refractivity contribution is 5.76. The SMILES string of the molecule is CCCCC(=O)NCCC(O)C(=O)O. The summed E-state index contributed by atoms with van der Waals surface area (Å²) < 4.78 is 0. The zero-order valence-electron chi connectivity index (χ0n) is 8.32. The number of aliphatic hydroxyl groups excluding tert-OH is 1. The van der Waals surface area contributed by atoms with Crippen LogP contribution in [-0.2, 0) is 9.59 Å². The van der Waals surface area contributed by atoms with Gasteiger partial charge in [0.25, 0.3) is 0 Å². The van der Waals surface area contributed by atoms with Gasteiger partial charge in [0.2, 0.25) is 5.91 Å². The van der Waals surface area contributed by atoms with E-state index in [0.717, 1.165) is 12.8 Å². The van der Waals surface area contributed by atoms with Crippen LogP contribution in [0.4, 0.5) is 0 Å². The Morgan fingerprint density at radius 2 is 2.07 bits per heavy atom. The fourth-order valence-corrected chi connectivity index (χ4v) is 0.898. The predicted octanol–water partition coefficient (Wildman–Crippen LogP) is 0.128. The van der Waals surface area contributed by atoms with Gasteiger partial charge in [0.05, 0.1) is 0 Å². The Kier molecular flexibility index (Phi) is 6.74. The molecule has 0 rings (SSSR count). The van der Waals surface area contributed by atoms with Crippen molar-refractivity contribution < 1.29 is 19.8 Å². The summed E-state index contributed by atoms with van der Waals surface area (Å²) in [5.74, 6) is -1.35. The predicted molar refractivity (Wildman–Crippen MR) is 50.8 cm³/mol. The van der Waals surface area contributed by atoms with E-state index in [1.807, 2.05) is 6.92 Å². The lowest BCUT2D eigenvalue weighted by Crippen LogP contribution is -2.29. The van der Waals surface area contributed by atoms with Crippen molar-refractivity contribution in [3.63, 3.8) is 0 Å². The average Bonchev–Trinajstić information content (AvgIpc) is 2.14. The van der Waals surface area contributed by atoms with Crippen LogP contribution in [0.5, 0.6) is 0 Å². The van der Waals surface area contributed by atoms with E-state index in [2.05, 4.69) is 5.32 Å². The molecule has 3 N–H and O–H groups in total. The highest BCUT2D eigenvalue weighted by atomic mass is 16.4. The number of hydrogen-bond donors (Lipinski definition) is 3. The van der Waals surface area contributed by atoms with Crippen LogP contribution in [0.15, 0.2) is 0 Å². The topological polar surface area (TPSA) is 86.6 Å². The van der Waals surface area contributed by atoms with E-state index in [0.29, 0.717) is 6.42 Å². The Bertz CT molecular complexity index is 193. The van der Waals surface area contributed by atoms with Crippen molar-refractivity contribution >= 4 is 11.9 Å². The van der Waals surface area contributed by atoms with Crippen LogP contribution in [0.1, 0.15) is 32.6 Å². The molecule has 1 unspecified atom stereocenters. The van der Waals surface area contributed by atoms with E-state index < -0.39 is 12.1 Å². The van der Waals surface area contributed by atoms with Gasteiger partial charge in [0.15, 0.2) is 6.10 Å². The number of aliphatic carboxylic acids is 1. The molecule has 0 saturated carbocycles. The van der Waals surface area contributed by atoms with Gasteiger partial charge in [-0.1, -0.05) is 13.3 Å². The van der Waals surface area contributed by atoms with Crippen molar-refractivity contribution in [1.82, 2.24) is 5.32 Å². The van der Waals surface area contributed by atoms with Gasteiger partial charge in [-0.05, 0) is 6.42 Å². The lowest BCUT2D eigenvalue weighted by Gasteiger charge is -2.06. The van der Waals surface area contributed by atoms with E-state index in [4.69, 9.17) is 10.2 Å². The first kappa shape index (κ1) is 12.9. The standard InChI is InChI=1S/C9H17NO4/c1-2-3-4-8(12)10-6-5-7(11)9(13)14/h7,11H,2-6H2,1H3,(H,10,12)(H,13,14). The number of carbonyl (C=O) groups is 2. The third-order valence-corrected chi connectivity index (χ3v) is 1.78. The van der Waals surface area contributed by atoms with Gasteiger partial charge in [-0.15, -0.1) is 0 Å². The number of carbonyl (C=O) groups excluding carboxylic acids is 1. The Labute approximate surface area is 83.1 Å². The minimum Gasteiger partial charge on any atom is -0.479 e. The van der Waals surface area contributed by atoms with E-state index in [1.54, 1.807) is 0 Å². The first-order valence-electron chi connectivity index (χ1n) is 4.75. The number of unbranched alkanes of at least 4 members (excludes halogenated alkanes) is 1. The molecule has 5 heteroatoms. The van der Waals surface area contributed by atoms with Crippen LogP contribution < -0.4 is 5.32 Å². The number of carboxylic acids is 1. The second kappa shape index (κ2) is 7.32. The van der Waals surface area contributed by atoms with Crippen molar-refractivity contribution in [2.24, 2.45) is 0 Å². The van der Waals surface area contributed by atoms with Crippen LogP contribution in [0, 0.1) is 0 Å². The molecule has 0 fully saturated rings. The van der Waals surface area contributed by atoms with Gasteiger partial charge in [-0.25, -0.2) is 4.79 Å². The molecule has 0 spiro atoms. The second-order valence-corrected chi connectivity index (χ2v) is 3.10. The van der Waals surface area contributed by atoms with E-state index >= 15 is 0 Å². The summed E-state index contributed by atoms with van der Waals surface area (Å²) in [5, 5.41) is 19.7. The number of rotatable bonds is 7. The molecule has 1 atom stereocenters. The van der Waals surface area contributed by atoms with E-state index in [9.17, 15) is 9.59 Å². The summed E-state index contributed by atoms with van der Waals surface area (Å²) in [7, 11) is 0. The molecule has 0 aliphatic carbocycles. The Balaban J connectivity index is 3.44. The molecule has 1 amide bonds. The van der Waals surface area contributed by atoms with Gasteiger partial charge < -0.3 is 15.5 Å². The molecule has 5 nitrogen and oxygen atoms in total. The summed E-state index contributed by atoms with van der Waals surface area (Å²) in [5.41, 5.74) is 0. The number of hydrogen-bond acceptors (Lipinski definition) is 3. The van der Waals surface area contributed by atoms with Gasteiger partial charge >= 0.3 is 5.97 Å². The minimum atomic E-state index is -1.39. The van der Waals surface area contributed by atoms with Crippen molar-refractivity contribution in [1.29, 1.82) is 0 Å². The number of nitrogens with one attached hydrogen (secondary N) is 1. The van der Waals surface area contributed by atoms with Crippen molar-refractivity contribution in [2.45, 2.75) is 38.7 Å². The fraction of sp³-hybridized carbons (Fsp3) is 0.778. The molecule has 0 aromatic heterocycles. The summed E-state index contributed by atoms with van der Waals surface area (Å²) in [4.78, 5) is 21.2. The first-order valence-corrected chi connectivity index (χ1v) is 4.75. The number of amides is 1. The molecular formula is C9H17NO4. The van der Waals surface area contributed by atoms with Crippen LogP contribution in [0.3, 0.4) is 0 Å². The molecule has 0 aromatic carbocycles. The second-order valence-electron chi connectivity index (χ2n) is 3.10. The summed E-state index contributed by atoms with van der Waals surface area (Å²) in [6, 6.07) is 0. The molecule has 0 aromatic rings. The van der Waals surface area contributed by atoms with Crippen molar-refractivity contribution in [3.8, 4) is 0 Å². The third-order valence-electron chi connectivity index (χ3n) is 1.78.